The molecule has 0 aromatic heterocycles. The Morgan fingerprint density at radius 2 is 1.71 bits per heavy atom. The molecule has 1 fully saturated rings. The van der Waals surface area contributed by atoms with Crippen LogP contribution in [0.25, 0.3) is 0 Å². The van der Waals surface area contributed by atoms with Gasteiger partial charge < -0.3 is 30.5 Å². The number of hydrogen-bond donors (Lipinski definition) is 3. The Hall–Kier alpha value is -3.99. The number of aryl methyl sites for hydroxylation is 1. The van der Waals surface area contributed by atoms with Crippen molar-refractivity contribution < 1.29 is 28.3 Å². The van der Waals surface area contributed by atoms with Gasteiger partial charge in [0.15, 0.2) is 0 Å². The van der Waals surface area contributed by atoms with E-state index in [-0.39, 0.29) is 49.2 Å². The molecule has 2 aliphatic rings. The molecule has 3 N–H and O–H groups in total. The van der Waals surface area contributed by atoms with Gasteiger partial charge in [0.05, 0.1) is 18.6 Å². The van der Waals surface area contributed by atoms with E-state index in [0.29, 0.717) is 0 Å². The molecule has 4 unspecified atom stereocenters. The minimum Gasteiger partial charge on any atom is -0.410 e. The summed E-state index contributed by atoms with van der Waals surface area (Å²) in [5.74, 6) is -1.65. The molecule has 10 nitrogen and oxygen atoms in total. The van der Waals surface area contributed by atoms with Gasteiger partial charge in [0, 0.05) is 13.1 Å². The van der Waals surface area contributed by atoms with E-state index in [9.17, 15) is 23.6 Å². The third-order valence-electron chi connectivity index (χ3n) is 7.99. The number of fused-ring (bicyclic) bond motifs is 1. The Bertz CT molecular complexity index is 1290. The summed E-state index contributed by atoms with van der Waals surface area (Å²) in [4.78, 5) is 56.4. The first kappa shape index (κ1) is 31.0. The number of nitrogens with zero attached hydrogens (tertiary/aromatic N) is 2. The Morgan fingerprint density at radius 3 is 2.40 bits per heavy atom. The Morgan fingerprint density at radius 1 is 1.00 bits per heavy atom. The molecule has 42 heavy (non-hydrogen) atoms. The highest BCUT2D eigenvalue weighted by Gasteiger charge is 2.42. The molecule has 2 aromatic rings. The summed E-state index contributed by atoms with van der Waals surface area (Å²) in [7, 11) is 1.66. The molecule has 0 spiro atoms. The molecule has 0 radical (unpaired) electrons. The van der Waals surface area contributed by atoms with Gasteiger partial charge in [-0.05, 0) is 74.5 Å². The zero-order chi connectivity index (χ0) is 30.4. The third kappa shape index (κ3) is 7.25. The van der Waals surface area contributed by atoms with Crippen molar-refractivity contribution in [2.75, 3.05) is 26.7 Å². The monoisotopic (exact) mass is 581 g/mol. The summed E-state index contributed by atoms with van der Waals surface area (Å²) >= 11 is 0. The minimum absolute atomic E-state index is 0.0668. The first-order valence-corrected chi connectivity index (χ1v) is 14.5. The molecule has 4 atom stereocenters. The maximum Gasteiger partial charge on any atom is 0.415 e. The Kier molecular flexibility index (Phi) is 10.2. The van der Waals surface area contributed by atoms with E-state index in [1.165, 1.54) is 39.6 Å². The number of ether oxygens (including phenoxy) is 1. The zero-order valence-electron chi connectivity index (χ0n) is 24.6. The van der Waals surface area contributed by atoms with Gasteiger partial charge in [0.2, 0.25) is 17.7 Å². The second-order valence-electron chi connectivity index (χ2n) is 11.2. The lowest BCUT2D eigenvalue weighted by atomic mass is 9.87. The number of piperazine rings is 1. The fourth-order valence-electron chi connectivity index (χ4n) is 5.38. The normalized spacial score (nSPS) is 19.9. The molecule has 1 saturated heterocycles. The summed E-state index contributed by atoms with van der Waals surface area (Å²) in [5.41, 5.74) is 2.23. The van der Waals surface area contributed by atoms with Crippen LogP contribution in [0.4, 0.5) is 9.18 Å². The van der Waals surface area contributed by atoms with Crippen LogP contribution < -0.4 is 20.7 Å². The molecule has 226 valence electrons. The van der Waals surface area contributed by atoms with Crippen LogP contribution >= 0.6 is 0 Å². The van der Waals surface area contributed by atoms with Crippen LogP contribution in [-0.2, 0) is 20.8 Å². The lowest BCUT2D eigenvalue weighted by Crippen LogP contribution is -2.65. The van der Waals surface area contributed by atoms with E-state index in [4.69, 9.17) is 4.74 Å². The number of benzene rings is 2. The quantitative estimate of drug-likeness (QED) is 0.441. The van der Waals surface area contributed by atoms with E-state index in [2.05, 4.69) is 22.0 Å². The zero-order valence-corrected chi connectivity index (χ0v) is 24.6. The topological polar surface area (TPSA) is 120 Å². The van der Waals surface area contributed by atoms with Crippen LogP contribution in [0.3, 0.4) is 0 Å². The predicted octanol–water partition coefficient (Wildman–Crippen LogP) is 2.78. The molecule has 1 heterocycles. The number of hydrogen-bond acceptors (Lipinski definition) is 6. The molecule has 0 saturated carbocycles. The first-order chi connectivity index (χ1) is 20.1. The van der Waals surface area contributed by atoms with E-state index in [1.807, 2.05) is 32.0 Å². The fraction of sp³-hybridized carbons (Fsp3) is 0.484. The molecule has 11 heteroatoms. The minimum atomic E-state index is -1.01. The van der Waals surface area contributed by atoms with Crippen molar-refractivity contribution in [2.24, 2.45) is 5.92 Å². The molecule has 2 aromatic carbocycles. The van der Waals surface area contributed by atoms with Crippen LogP contribution in [0.1, 0.15) is 50.8 Å². The number of nitrogens with one attached hydrogen (secondary N) is 3. The van der Waals surface area contributed by atoms with Crippen molar-refractivity contribution in [3.63, 3.8) is 0 Å². The van der Waals surface area contributed by atoms with Crippen molar-refractivity contribution in [1.82, 2.24) is 25.8 Å². The van der Waals surface area contributed by atoms with E-state index >= 15 is 0 Å². The highest BCUT2D eigenvalue weighted by molar-refractivity contribution is 5.94. The summed E-state index contributed by atoms with van der Waals surface area (Å²) in [6, 6.07) is 10.4. The number of likely N-dealkylation sites (N-methyl/N-ethyl adjacent to an activating group) is 1. The van der Waals surface area contributed by atoms with Crippen molar-refractivity contribution in [3.05, 3.63) is 65.5 Å². The smallest absolute Gasteiger partial charge is 0.410 e. The third-order valence-corrected chi connectivity index (χ3v) is 7.99. The number of halogens is 1. The van der Waals surface area contributed by atoms with E-state index in [0.717, 1.165) is 24.8 Å². The first-order valence-electron chi connectivity index (χ1n) is 14.5. The number of carbonyl (C=O) groups excluding carboxylic acids is 4. The molecule has 0 bridgehead atoms. The number of amides is 4. The van der Waals surface area contributed by atoms with E-state index < -0.39 is 35.9 Å². The molecular formula is C31H40FN5O5. The van der Waals surface area contributed by atoms with E-state index in [1.54, 1.807) is 14.0 Å². The van der Waals surface area contributed by atoms with Gasteiger partial charge in [-0.15, -0.1) is 0 Å². The van der Waals surface area contributed by atoms with Crippen molar-refractivity contribution in [2.45, 2.75) is 64.2 Å². The Labute approximate surface area is 246 Å². The number of rotatable bonds is 8. The maximum absolute atomic E-state index is 13.9. The van der Waals surface area contributed by atoms with Crippen LogP contribution in [-0.4, -0.2) is 78.4 Å². The van der Waals surface area contributed by atoms with Crippen LogP contribution in [0.2, 0.25) is 0 Å². The molecule has 4 amide bonds. The van der Waals surface area contributed by atoms with Gasteiger partial charge in [0.1, 0.15) is 23.7 Å². The molecular weight excluding hydrogens is 541 g/mol. The van der Waals surface area contributed by atoms with Gasteiger partial charge in [-0.1, -0.05) is 38.1 Å². The SMILES string of the molecule is CNC(C)C(=O)NC(C(=O)N1CCN(C(=O)Oc2ccc(F)cc2)CC1C(=O)NC1CCCc2ccccc21)C(C)C. The summed E-state index contributed by atoms with van der Waals surface area (Å²) in [6.45, 7) is 5.44. The largest absolute Gasteiger partial charge is 0.415 e. The van der Waals surface area contributed by atoms with Gasteiger partial charge in [-0.2, -0.15) is 0 Å². The highest BCUT2D eigenvalue weighted by atomic mass is 19.1. The molecule has 1 aliphatic heterocycles. The van der Waals surface area contributed by atoms with Crippen molar-refractivity contribution >= 4 is 23.8 Å². The second-order valence-corrected chi connectivity index (χ2v) is 11.2. The average Bonchev–Trinajstić information content (AvgIpc) is 2.99. The highest BCUT2D eigenvalue weighted by Crippen LogP contribution is 2.30. The van der Waals surface area contributed by atoms with Crippen molar-refractivity contribution in [3.8, 4) is 5.75 Å². The van der Waals surface area contributed by atoms with Crippen LogP contribution in [0, 0.1) is 11.7 Å². The second kappa shape index (κ2) is 13.8. The summed E-state index contributed by atoms with van der Waals surface area (Å²) < 4.78 is 18.8. The molecule has 4 rings (SSSR count). The van der Waals surface area contributed by atoms with Crippen LogP contribution in [0.5, 0.6) is 5.75 Å². The summed E-state index contributed by atoms with van der Waals surface area (Å²) in [5, 5.41) is 8.83. The van der Waals surface area contributed by atoms with Gasteiger partial charge in [0.25, 0.3) is 0 Å². The van der Waals surface area contributed by atoms with Gasteiger partial charge >= 0.3 is 6.09 Å². The summed E-state index contributed by atoms with van der Waals surface area (Å²) in [6.07, 6.45) is 1.90. The Balaban J connectivity index is 1.57. The molecule has 1 aliphatic carbocycles. The predicted molar refractivity (Wildman–Crippen MR) is 155 cm³/mol. The standard InChI is InChI=1S/C31H40FN5O5/c1-19(2)27(35-28(38)20(3)33-4)30(40)37-17-16-36(31(41)42-23-14-12-22(32)13-15-23)18-26(37)29(39)34-25-11-7-9-21-8-5-6-10-24(21)25/h5-6,8,10,12-15,19-20,25-27,33H,7,9,11,16-18H2,1-4H3,(H,34,39)(H,35,38). The maximum atomic E-state index is 13.9. The van der Waals surface area contributed by atoms with Gasteiger partial charge in [-0.25, -0.2) is 9.18 Å². The lowest BCUT2D eigenvalue weighted by molar-refractivity contribution is -0.147. The van der Waals surface area contributed by atoms with Crippen LogP contribution in [0.15, 0.2) is 48.5 Å². The number of carbonyl (C=O) groups is 4. The average molecular weight is 582 g/mol. The lowest BCUT2D eigenvalue weighted by Gasteiger charge is -2.42. The fourth-order valence-corrected chi connectivity index (χ4v) is 5.38. The van der Waals surface area contributed by atoms with Gasteiger partial charge in [-0.3, -0.25) is 14.4 Å². The van der Waals surface area contributed by atoms with Crippen molar-refractivity contribution in [1.29, 1.82) is 0 Å².